The van der Waals surface area contributed by atoms with Crippen LogP contribution in [0.25, 0.3) is 10.9 Å². The van der Waals surface area contributed by atoms with E-state index in [1.54, 1.807) is 6.20 Å². The molecule has 1 aliphatic rings. The Morgan fingerprint density at radius 2 is 1.96 bits per heavy atom. The summed E-state index contributed by atoms with van der Waals surface area (Å²) in [5.41, 5.74) is 3.34. The van der Waals surface area contributed by atoms with E-state index < -0.39 is 0 Å². The van der Waals surface area contributed by atoms with E-state index in [1.807, 2.05) is 29.3 Å². The van der Waals surface area contributed by atoms with Gasteiger partial charge in [-0.05, 0) is 41.3 Å². The number of benzene rings is 1. The standard InChI is InChI=1S/C20H22N4O/c25-20(14-18-3-1-2-7-21-18)24-11-9-23(10-12-24)15-16-4-5-19-17(13-16)6-8-22-19/h1-8,13,22H,9-12,14-15H2. The average Bonchev–Trinajstić information content (AvgIpc) is 3.11. The number of piperazine rings is 1. The van der Waals surface area contributed by atoms with E-state index in [2.05, 4.69) is 39.1 Å². The first-order valence-corrected chi connectivity index (χ1v) is 8.74. The summed E-state index contributed by atoms with van der Waals surface area (Å²) < 4.78 is 0. The Kier molecular flexibility index (Phi) is 4.48. The lowest BCUT2D eigenvalue weighted by Gasteiger charge is -2.34. The van der Waals surface area contributed by atoms with Crippen LogP contribution in [0.5, 0.6) is 0 Å². The Morgan fingerprint density at radius 1 is 1.08 bits per heavy atom. The highest BCUT2D eigenvalue weighted by Crippen LogP contribution is 2.16. The maximum Gasteiger partial charge on any atom is 0.228 e. The van der Waals surface area contributed by atoms with Gasteiger partial charge in [0.15, 0.2) is 0 Å². The van der Waals surface area contributed by atoms with Crippen molar-refractivity contribution in [2.24, 2.45) is 0 Å². The predicted octanol–water partition coefficient (Wildman–Crippen LogP) is 2.45. The highest BCUT2D eigenvalue weighted by atomic mass is 16.2. The van der Waals surface area contributed by atoms with Crippen LogP contribution in [0.3, 0.4) is 0 Å². The fraction of sp³-hybridized carbons (Fsp3) is 0.300. The Hall–Kier alpha value is -2.66. The van der Waals surface area contributed by atoms with Crippen molar-refractivity contribution in [3.05, 3.63) is 66.1 Å². The molecule has 4 rings (SSSR count). The summed E-state index contributed by atoms with van der Waals surface area (Å²) in [6.45, 7) is 4.35. The zero-order valence-electron chi connectivity index (χ0n) is 14.2. The molecular weight excluding hydrogens is 312 g/mol. The number of aromatic amines is 1. The molecule has 1 amide bonds. The molecule has 0 unspecified atom stereocenters. The SMILES string of the molecule is O=C(Cc1ccccn1)N1CCN(Cc2ccc3[nH]ccc3c2)CC1. The molecule has 1 saturated heterocycles. The number of hydrogen-bond donors (Lipinski definition) is 1. The number of fused-ring (bicyclic) bond motifs is 1. The lowest BCUT2D eigenvalue weighted by molar-refractivity contribution is -0.132. The van der Waals surface area contributed by atoms with Crippen LogP contribution in [-0.2, 0) is 17.8 Å². The van der Waals surface area contributed by atoms with Crippen molar-refractivity contribution in [2.45, 2.75) is 13.0 Å². The van der Waals surface area contributed by atoms with Gasteiger partial charge in [0.2, 0.25) is 5.91 Å². The summed E-state index contributed by atoms with van der Waals surface area (Å²) in [6, 6.07) is 14.4. The van der Waals surface area contributed by atoms with Gasteiger partial charge in [-0.25, -0.2) is 0 Å². The van der Waals surface area contributed by atoms with E-state index in [9.17, 15) is 4.79 Å². The number of H-pyrrole nitrogens is 1. The summed E-state index contributed by atoms with van der Waals surface area (Å²) in [5, 5.41) is 1.25. The van der Waals surface area contributed by atoms with E-state index in [0.717, 1.165) is 38.4 Å². The molecule has 0 bridgehead atoms. The quantitative estimate of drug-likeness (QED) is 0.797. The smallest absolute Gasteiger partial charge is 0.228 e. The molecule has 3 aromatic rings. The van der Waals surface area contributed by atoms with Gasteiger partial charge in [-0.2, -0.15) is 0 Å². The number of carbonyl (C=O) groups excluding carboxylic acids is 1. The summed E-state index contributed by atoms with van der Waals surface area (Å²) in [5.74, 6) is 0.173. The average molecular weight is 334 g/mol. The Labute approximate surface area is 147 Å². The van der Waals surface area contributed by atoms with Gasteiger partial charge in [-0.15, -0.1) is 0 Å². The molecule has 1 aliphatic heterocycles. The first-order chi connectivity index (χ1) is 12.3. The van der Waals surface area contributed by atoms with E-state index in [0.29, 0.717) is 6.42 Å². The van der Waals surface area contributed by atoms with Gasteiger partial charge in [0.1, 0.15) is 0 Å². The fourth-order valence-corrected chi connectivity index (χ4v) is 3.38. The number of carbonyl (C=O) groups is 1. The second-order valence-corrected chi connectivity index (χ2v) is 6.55. The van der Waals surface area contributed by atoms with Gasteiger partial charge in [0.05, 0.1) is 6.42 Å². The molecule has 5 heteroatoms. The number of amides is 1. The van der Waals surface area contributed by atoms with Crippen molar-refractivity contribution in [2.75, 3.05) is 26.2 Å². The maximum atomic E-state index is 12.4. The van der Waals surface area contributed by atoms with Gasteiger partial charge >= 0.3 is 0 Å². The van der Waals surface area contributed by atoms with Crippen LogP contribution in [0.4, 0.5) is 0 Å². The minimum atomic E-state index is 0.173. The molecule has 1 fully saturated rings. The van der Waals surface area contributed by atoms with Crippen LogP contribution in [0.2, 0.25) is 0 Å². The monoisotopic (exact) mass is 334 g/mol. The number of hydrogen-bond acceptors (Lipinski definition) is 3. The first-order valence-electron chi connectivity index (χ1n) is 8.74. The highest BCUT2D eigenvalue weighted by Gasteiger charge is 2.21. The van der Waals surface area contributed by atoms with Gasteiger partial charge in [0, 0.05) is 56.3 Å². The summed E-state index contributed by atoms with van der Waals surface area (Å²) in [4.78, 5) is 24.3. The van der Waals surface area contributed by atoms with Crippen LogP contribution in [-0.4, -0.2) is 51.9 Å². The molecular formula is C20H22N4O. The number of nitrogens with one attached hydrogen (secondary N) is 1. The van der Waals surface area contributed by atoms with E-state index in [4.69, 9.17) is 0 Å². The molecule has 2 aromatic heterocycles. The highest BCUT2D eigenvalue weighted by molar-refractivity contribution is 5.80. The molecule has 25 heavy (non-hydrogen) atoms. The molecule has 0 aliphatic carbocycles. The number of pyridine rings is 1. The summed E-state index contributed by atoms with van der Waals surface area (Å²) in [6.07, 6.45) is 4.10. The second kappa shape index (κ2) is 7.07. The van der Waals surface area contributed by atoms with Crippen molar-refractivity contribution in [3.8, 4) is 0 Å². The molecule has 3 heterocycles. The van der Waals surface area contributed by atoms with Gasteiger partial charge in [0.25, 0.3) is 0 Å². The fourth-order valence-electron chi connectivity index (χ4n) is 3.38. The van der Waals surface area contributed by atoms with Crippen LogP contribution in [0, 0.1) is 0 Å². The molecule has 0 spiro atoms. The van der Waals surface area contributed by atoms with Crippen molar-refractivity contribution < 1.29 is 4.79 Å². The number of rotatable bonds is 4. The lowest BCUT2D eigenvalue weighted by Crippen LogP contribution is -2.48. The summed E-state index contributed by atoms with van der Waals surface area (Å²) in [7, 11) is 0. The van der Waals surface area contributed by atoms with Crippen LogP contribution < -0.4 is 0 Å². The molecule has 1 aromatic carbocycles. The molecule has 0 saturated carbocycles. The van der Waals surface area contributed by atoms with E-state index >= 15 is 0 Å². The Balaban J connectivity index is 1.31. The van der Waals surface area contributed by atoms with Crippen molar-refractivity contribution in [1.29, 1.82) is 0 Å². The zero-order chi connectivity index (χ0) is 17.1. The third-order valence-electron chi connectivity index (χ3n) is 4.81. The second-order valence-electron chi connectivity index (χ2n) is 6.55. The van der Waals surface area contributed by atoms with Gasteiger partial charge < -0.3 is 9.88 Å². The molecule has 128 valence electrons. The normalized spacial score (nSPS) is 15.6. The maximum absolute atomic E-state index is 12.4. The Morgan fingerprint density at radius 3 is 2.76 bits per heavy atom. The van der Waals surface area contributed by atoms with Gasteiger partial charge in [-0.3, -0.25) is 14.7 Å². The van der Waals surface area contributed by atoms with Crippen molar-refractivity contribution in [3.63, 3.8) is 0 Å². The van der Waals surface area contributed by atoms with Crippen LogP contribution in [0.15, 0.2) is 54.9 Å². The Bertz CT molecular complexity index is 850. The number of nitrogens with zero attached hydrogens (tertiary/aromatic N) is 3. The topological polar surface area (TPSA) is 52.2 Å². The van der Waals surface area contributed by atoms with Crippen LogP contribution >= 0.6 is 0 Å². The van der Waals surface area contributed by atoms with Gasteiger partial charge in [-0.1, -0.05) is 12.1 Å². The predicted molar refractivity (Wildman–Crippen MR) is 98.1 cm³/mol. The minimum absolute atomic E-state index is 0.173. The largest absolute Gasteiger partial charge is 0.361 e. The van der Waals surface area contributed by atoms with E-state index in [-0.39, 0.29) is 5.91 Å². The molecule has 0 atom stereocenters. The van der Waals surface area contributed by atoms with Crippen molar-refractivity contribution >= 4 is 16.8 Å². The molecule has 5 nitrogen and oxygen atoms in total. The first kappa shape index (κ1) is 15.8. The van der Waals surface area contributed by atoms with Crippen molar-refractivity contribution in [1.82, 2.24) is 19.8 Å². The van der Waals surface area contributed by atoms with Crippen LogP contribution in [0.1, 0.15) is 11.3 Å². The van der Waals surface area contributed by atoms with E-state index in [1.165, 1.54) is 16.5 Å². The minimum Gasteiger partial charge on any atom is -0.361 e. The molecule has 0 radical (unpaired) electrons. The third-order valence-corrected chi connectivity index (χ3v) is 4.81. The summed E-state index contributed by atoms with van der Waals surface area (Å²) >= 11 is 0. The third kappa shape index (κ3) is 3.72. The lowest BCUT2D eigenvalue weighted by atomic mass is 10.1. The molecule has 1 N–H and O–H groups in total. The zero-order valence-corrected chi connectivity index (χ0v) is 14.2. The number of aromatic nitrogens is 2.